The summed E-state index contributed by atoms with van der Waals surface area (Å²) in [5.41, 5.74) is 1.06. The second-order valence-corrected chi connectivity index (χ2v) is 7.82. The summed E-state index contributed by atoms with van der Waals surface area (Å²) in [6, 6.07) is 20.8. The highest BCUT2D eigenvalue weighted by atomic mass is 32.2. The lowest BCUT2D eigenvalue weighted by atomic mass is 10.2. The lowest BCUT2D eigenvalue weighted by Gasteiger charge is -2.23. The summed E-state index contributed by atoms with van der Waals surface area (Å²) in [6.45, 7) is 0. The molecule has 1 atom stereocenters. The van der Waals surface area contributed by atoms with Crippen molar-refractivity contribution in [1.82, 2.24) is 0 Å². The van der Waals surface area contributed by atoms with Crippen LogP contribution in [0.2, 0.25) is 0 Å². The topological polar surface area (TPSA) is 67.6 Å². The molecule has 130 valence electrons. The Morgan fingerprint density at radius 3 is 2.15 bits per heavy atom. The van der Waals surface area contributed by atoms with Gasteiger partial charge in [-0.25, -0.2) is 8.42 Å². The average Bonchev–Trinajstić information content (AvgIpc) is 3.24. The van der Waals surface area contributed by atoms with Gasteiger partial charge in [-0.05, 0) is 29.8 Å². The highest BCUT2D eigenvalue weighted by Crippen LogP contribution is 2.43. The lowest BCUT2D eigenvalue weighted by molar-refractivity contribution is -0.114. The van der Waals surface area contributed by atoms with Gasteiger partial charge < -0.3 is 4.42 Å². The zero-order valence-electron chi connectivity index (χ0n) is 13.6. The van der Waals surface area contributed by atoms with Gasteiger partial charge in [0.25, 0.3) is 5.91 Å². The molecule has 1 saturated heterocycles. The van der Waals surface area contributed by atoms with E-state index in [-0.39, 0.29) is 4.91 Å². The number of hydrogen-bond donors (Lipinski definition) is 0. The highest BCUT2D eigenvalue weighted by Gasteiger charge is 2.50. The summed E-state index contributed by atoms with van der Waals surface area (Å²) in [5, 5.41) is -1.11. The molecule has 4 rings (SSSR count). The summed E-state index contributed by atoms with van der Waals surface area (Å²) in [5.74, 6) is -0.250. The van der Waals surface area contributed by atoms with Crippen molar-refractivity contribution in [2.45, 2.75) is 5.37 Å². The third-order valence-corrected chi connectivity index (χ3v) is 6.18. The van der Waals surface area contributed by atoms with Gasteiger partial charge in [0.15, 0.2) is 5.37 Å². The van der Waals surface area contributed by atoms with E-state index in [9.17, 15) is 13.2 Å². The van der Waals surface area contributed by atoms with Gasteiger partial charge in [-0.2, -0.15) is 0 Å². The van der Waals surface area contributed by atoms with Gasteiger partial charge in [0.1, 0.15) is 10.7 Å². The minimum Gasteiger partial charge on any atom is -0.465 e. The number of carbonyl (C=O) groups excluding carboxylic acids is 1. The number of furan rings is 1. The molecular formula is C20H15NO4S. The summed E-state index contributed by atoms with van der Waals surface area (Å²) in [4.78, 5) is 14.1. The first-order valence-corrected chi connectivity index (χ1v) is 9.56. The van der Waals surface area contributed by atoms with Crippen molar-refractivity contribution >= 4 is 27.5 Å². The van der Waals surface area contributed by atoms with Gasteiger partial charge in [0.05, 0.1) is 6.26 Å². The Kier molecular flexibility index (Phi) is 3.97. The second-order valence-electron chi connectivity index (χ2n) is 5.84. The first-order chi connectivity index (χ1) is 12.6. The largest absolute Gasteiger partial charge is 0.465 e. The van der Waals surface area contributed by atoms with Gasteiger partial charge in [-0.15, -0.1) is 0 Å². The van der Waals surface area contributed by atoms with E-state index in [2.05, 4.69) is 0 Å². The van der Waals surface area contributed by atoms with E-state index in [1.54, 1.807) is 66.7 Å². The smallest absolute Gasteiger partial charge is 0.271 e. The van der Waals surface area contributed by atoms with Gasteiger partial charge in [0.2, 0.25) is 9.84 Å². The van der Waals surface area contributed by atoms with Crippen LogP contribution in [0.5, 0.6) is 0 Å². The van der Waals surface area contributed by atoms with Crippen molar-refractivity contribution in [3.05, 3.63) is 95.3 Å². The molecule has 26 heavy (non-hydrogen) atoms. The quantitative estimate of drug-likeness (QED) is 0.663. The SMILES string of the molecule is O=C1/C(=C/c2ccco2)S(=O)(=O)C(c2ccccc2)N1c1ccccc1. The van der Waals surface area contributed by atoms with Crippen LogP contribution in [0.1, 0.15) is 16.7 Å². The van der Waals surface area contributed by atoms with Crippen molar-refractivity contribution in [2.75, 3.05) is 4.90 Å². The van der Waals surface area contributed by atoms with E-state index in [0.29, 0.717) is 17.0 Å². The van der Waals surface area contributed by atoms with Crippen molar-refractivity contribution in [3.63, 3.8) is 0 Å². The van der Waals surface area contributed by atoms with Crippen LogP contribution in [-0.4, -0.2) is 14.3 Å². The zero-order chi connectivity index (χ0) is 18.1. The molecule has 0 spiro atoms. The molecule has 1 aromatic heterocycles. The molecule has 2 aromatic carbocycles. The molecule has 6 heteroatoms. The van der Waals surface area contributed by atoms with Crippen LogP contribution in [0.25, 0.3) is 6.08 Å². The maximum Gasteiger partial charge on any atom is 0.271 e. The van der Waals surface area contributed by atoms with Crippen LogP contribution in [-0.2, 0) is 14.6 Å². The number of amides is 1. The van der Waals surface area contributed by atoms with Crippen LogP contribution >= 0.6 is 0 Å². The van der Waals surface area contributed by atoms with Crippen molar-refractivity contribution in [1.29, 1.82) is 0 Å². The Morgan fingerprint density at radius 1 is 0.885 bits per heavy atom. The van der Waals surface area contributed by atoms with Crippen LogP contribution in [0.4, 0.5) is 5.69 Å². The number of hydrogen-bond acceptors (Lipinski definition) is 4. The summed E-state index contributed by atoms with van der Waals surface area (Å²) >= 11 is 0. The summed E-state index contributed by atoms with van der Waals surface area (Å²) in [7, 11) is -3.93. The molecule has 1 amide bonds. The van der Waals surface area contributed by atoms with Gasteiger partial charge in [-0.1, -0.05) is 48.5 Å². The average molecular weight is 365 g/mol. The van der Waals surface area contributed by atoms with Crippen molar-refractivity contribution in [3.8, 4) is 0 Å². The fourth-order valence-electron chi connectivity index (χ4n) is 3.04. The molecule has 0 saturated carbocycles. The monoisotopic (exact) mass is 365 g/mol. The number of carbonyl (C=O) groups is 1. The Bertz CT molecular complexity index is 1060. The van der Waals surface area contributed by atoms with Crippen LogP contribution in [0.3, 0.4) is 0 Å². The molecule has 0 N–H and O–H groups in total. The Balaban J connectivity index is 1.93. The molecule has 1 unspecified atom stereocenters. The highest BCUT2D eigenvalue weighted by molar-refractivity contribution is 7.97. The Hall–Kier alpha value is -3.12. The number of rotatable bonds is 3. The number of benzene rings is 2. The minimum absolute atomic E-state index is 0.273. The number of anilines is 1. The fourth-order valence-corrected chi connectivity index (χ4v) is 4.91. The fraction of sp³-hybridized carbons (Fsp3) is 0.0500. The van der Waals surface area contributed by atoms with Crippen molar-refractivity contribution < 1.29 is 17.6 Å². The standard InChI is InChI=1S/C20H15NO4S/c22-19-18(14-17-12-7-13-25-17)26(23,24)20(15-8-3-1-4-9-15)21(19)16-10-5-2-6-11-16/h1-14,20H/b18-14-. The van der Waals surface area contributed by atoms with Gasteiger partial charge in [0, 0.05) is 11.8 Å². The van der Waals surface area contributed by atoms with Crippen LogP contribution in [0.15, 0.2) is 88.4 Å². The summed E-state index contributed by atoms with van der Waals surface area (Å²) < 4.78 is 31.7. The third kappa shape index (κ3) is 2.64. The first kappa shape index (κ1) is 16.4. The Morgan fingerprint density at radius 2 is 1.54 bits per heavy atom. The van der Waals surface area contributed by atoms with Gasteiger partial charge in [-0.3, -0.25) is 9.69 Å². The van der Waals surface area contributed by atoms with Gasteiger partial charge >= 0.3 is 0 Å². The molecule has 1 aliphatic heterocycles. The lowest BCUT2D eigenvalue weighted by Crippen LogP contribution is -2.28. The summed E-state index contributed by atoms with van der Waals surface area (Å²) in [6.07, 6.45) is 2.72. The third-order valence-electron chi connectivity index (χ3n) is 4.20. The van der Waals surface area contributed by atoms with E-state index in [1.807, 2.05) is 6.07 Å². The maximum atomic E-state index is 13.2. The van der Waals surface area contributed by atoms with E-state index in [1.165, 1.54) is 17.2 Å². The van der Waals surface area contributed by atoms with Crippen molar-refractivity contribution in [2.24, 2.45) is 0 Å². The first-order valence-electron chi connectivity index (χ1n) is 8.02. The molecular weight excluding hydrogens is 350 g/mol. The predicted molar refractivity (Wildman–Crippen MR) is 98.7 cm³/mol. The molecule has 2 heterocycles. The second kappa shape index (κ2) is 6.31. The number of sulfone groups is 1. The van der Waals surface area contributed by atoms with E-state index < -0.39 is 21.1 Å². The molecule has 1 fully saturated rings. The van der Waals surface area contributed by atoms with E-state index in [0.717, 1.165) is 0 Å². The number of nitrogens with zero attached hydrogens (tertiary/aromatic N) is 1. The Labute approximate surface area is 151 Å². The molecule has 0 radical (unpaired) electrons. The molecule has 1 aliphatic rings. The van der Waals surface area contributed by atoms with Crippen LogP contribution < -0.4 is 4.90 Å². The normalized spacial score (nSPS) is 20.6. The minimum atomic E-state index is -3.93. The number of para-hydroxylation sites is 1. The molecule has 5 nitrogen and oxygen atoms in total. The molecule has 0 bridgehead atoms. The molecule has 3 aromatic rings. The zero-order valence-corrected chi connectivity index (χ0v) is 14.5. The van der Waals surface area contributed by atoms with E-state index in [4.69, 9.17) is 4.42 Å². The van der Waals surface area contributed by atoms with E-state index >= 15 is 0 Å². The predicted octanol–water partition coefficient (Wildman–Crippen LogP) is 3.78. The van der Waals surface area contributed by atoms with Crippen LogP contribution in [0, 0.1) is 0 Å². The maximum absolute atomic E-state index is 13.2. The molecule has 0 aliphatic carbocycles.